The topological polar surface area (TPSA) is 88.0 Å². The van der Waals surface area contributed by atoms with Crippen molar-refractivity contribution >= 4 is 49.9 Å². The van der Waals surface area contributed by atoms with E-state index in [0.29, 0.717) is 16.4 Å². The number of hydrogen-bond donors (Lipinski definition) is 3. The van der Waals surface area contributed by atoms with Crippen LogP contribution in [0.15, 0.2) is 35.4 Å². The highest BCUT2D eigenvalue weighted by Gasteiger charge is 2.17. The minimum absolute atomic E-state index is 0.127. The maximum atomic E-state index is 12.1. The first-order chi connectivity index (χ1) is 8.92. The summed E-state index contributed by atoms with van der Waals surface area (Å²) in [5.74, 6) is 0. The minimum atomic E-state index is -3.66. The van der Waals surface area contributed by atoms with E-state index in [4.69, 9.17) is 17.3 Å². The Hall–Kier alpha value is -0.770. The zero-order valence-corrected chi connectivity index (χ0v) is 13.4. The molecule has 0 saturated carbocycles. The first-order valence-corrected chi connectivity index (χ1v) is 8.21. The van der Waals surface area contributed by atoms with Gasteiger partial charge in [-0.25, -0.2) is 8.42 Å². The fourth-order valence-electron chi connectivity index (χ4n) is 1.47. The molecule has 0 aliphatic carbocycles. The molecule has 0 atom stereocenters. The number of anilines is 1. The van der Waals surface area contributed by atoms with Gasteiger partial charge in [0.15, 0.2) is 0 Å². The lowest BCUT2D eigenvalue weighted by atomic mass is 10.3. The van der Waals surface area contributed by atoms with Crippen molar-refractivity contribution in [1.29, 1.82) is 0 Å². The summed E-state index contributed by atoms with van der Waals surface area (Å²) < 4.78 is 27.6. The van der Waals surface area contributed by atoms with Gasteiger partial charge in [-0.1, -0.05) is 11.6 Å². The molecule has 8 heteroatoms. The molecule has 2 rings (SSSR count). The summed E-state index contributed by atoms with van der Waals surface area (Å²) in [5.41, 5.74) is 6.42. The average molecular weight is 412 g/mol. The Morgan fingerprint density at radius 1 is 1.37 bits per heavy atom. The predicted octanol–water partition coefficient (Wildman–Crippen LogP) is 2.53. The van der Waals surface area contributed by atoms with Crippen molar-refractivity contribution in [2.75, 3.05) is 4.72 Å². The zero-order chi connectivity index (χ0) is 14.0. The Morgan fingerprint density at radius 3 is 2.68 bits per heavy atom. The van der Waals surface area contributed by atoms with E-state index in [1.54, 1.807) is 18.2 Å². The van der Waals surface area contributed by atoms with E-state index in [9.17, 15) is 8.42 Å². The summed E-state index contributed by atoms with van der Waals surface area (Å²) in [6.45, 7) is 0.250. The predicted molar refractivity (Wildman–Crippen MR) is 83.7 cm³/mol. The Bertz CT molecular complexity index is 700. The fraction of sp³-hybridized carbons (Fsp3) is 0.0909. The molecule has 0 bridgehead atoms. The number of aromatic nitrogens is 1. The molecule has 0 aliphatic rings. The highest BCUT2D eigenvalue weighted by atomic mass is 127. The number of aromatic amines is 1. The molecule has 0 aliphatic heterocycles. The highest BCUT2D eigenvalue weighted by Crippen LogP contribution is 2.26. The standard InChI is InChI=1S/C11H11ClIN3O2S/c12-10-3-7(13)1-2-11(10)16-19(17,18)9-4-8(5-14)15-6-9/h1-4,6,15-16H,5,14H2. The third-order valence-electron chi connectivity index (χ3n) is 2.42. The summed E-state index contributed by atoms with van der Waals surface area (Å²) >= 11 is 8.09. The van der Waals surface area contributed by atoms with Crippen LogP contribution < -0.4 is 10.5 Å². The lowest BCUT2D eigenvalue weighted by Gasteiger charge is -2.08. The quantitative estimate of drug-likeness (QED) is 0.676. The normalized spacial score (nSPS) is 11.5. The van der Waals surface area contributed by atoms with Crippen molar-refractivity contribution in [2.24, 2.45) is 5.73 Å². The molecule has 1 heterocycles. The van der Waals surface area contributed by atoms with Gasteiger partial charge in [0.1, 0.15) is 4.90 Å². The van der Waals surface area contributed by atoms with Crippen LogP contribution in [0.5, 0.6) is 0 Å². The van der Waals surface area contributed by atoms with Gasteiger partial charge in [-0.3, -0.25) is 4.72 Å². The van der Waals surface area contributed by atoms with E-state index in [2.05, 4.69) is 32.3 Å². The van der Waals surface area contributed by atoms with Gasteiger partial charge in [-0.05, 0) is 46.9 Å². The number of nitrogens with one attached hydrogen (secondary N) is 2. The number of benzene rings is 1. The van der Waals surface area contributed by atoms with Gasteiger partial charge < -0.3 is 10.7 Å². The van der Waals surface area contributed by atoms with Crippen LogP contribution >= 0.6 is 34.2 Å². The Kier molecular flexibility index (Phi) is 4.39. The Balaban J connectivity index is 2.30. The van der Waals surface area contributed by atoms with Gasteiger partial charge in [0.05, 0.1) is 10.7 Å². The van der Waals surface area contributed by atoms with Gasteiger partial charge in [0.25, 0.3) is 10.0 Å². The maximum Gasteiger partial charge on any atom is 0.263 e. The van der Waals surface area contributed by atoms with Crippen LogP contribution in [0.2, 0.25) is 5.02 Å². The molecule has 0 unspecified atom stereocenters. The van der Waals surface area contributed by atoms with Crippen LogP contribution in [-0.2, 0) is 16.6 Å². The van der Waals surface area contributed by atoms with Crippen LogP contribution in [0.3, 0.4) is 0 Å². The smallest absolute Gasteiger partial charge is 0.263 e. The number of hydrogen-bond acceptors (Lipinski definition) is 3. The Morgan fingerprint density at radius 2 is 2.11 bits per heavy atom. The van der Waals surface area contributed by atoms with Crippen LogP contribution in [0.25, 0.3) is 0 Å². The highest BCUT2D eigenvalue weighted by molar-refractivity contribution is 14.1. The molecule has 1 aromatic carbocycles. The van der Waals surface area contributed by atoms with Crippen molar-refractivity contribution in [3.05, 3.63) is 44.7 Å². The van der Waals surface area contributed by atoms with Gasteiger partial charge >= 0.3 is 0 Å². The lowest BCUT2D eigenvalue weighted by Crippen LogP contribution is -2.12. The lowest BCUT2D eigenvalue weighted by molar-refractivity contribution is 0.601. The number of rotatable bonds is 4. The average Bonchev–Trinajstić information content (AvgIpc) is 2.82. The number of nitrogens with two attached hydrogens (primary N) is 1. The van der Waals surface area contributed by atoms with Crippen molar-refractivity contribution in [1.82, 2.24) is 4.98 Å². The van der Waals surface area contributed by atoms with E-state index >= 15 is 0 Å². The summed E-state index contributed by atoms with van der Waals surface area (Å²) in [6.07, 6.45) is 1.39. The van der Waals surface area contributed by atoms with E-state index in [-0.39, 0.29) is 11.4 Å². The van der Waals surface area contributed by atoms with Crippen molar-refractivity contribution in [3.8, 4) is 0 Å². The molecule has 0 spiro atoms. The summed E-state index contributed by atoms with van der Waals surface area (Å²) in [4.78, 5) is 2.92. The summed E-state index contributed by atoms with van der Waals surface area (Å²) in [5, 5.41) is 0.352. The second-order valence-corrected chi connectivity index (χ2v) is 7.13. The van der Waals surface area contributed by atoms with E-state index in [1.807, 2.05) is 0 Å². The van der Waals surface area contributed by atoms with Crippen LogP contribution in [0.4, 0.5) is 5.69 Å². The van der Waals surface area contributed by atoms with Crippen molar-refractivity contribution in [2.45, 2.75) is 11.4 Å². The van der Waals surface area contributed by atoms with Crippen LogP contribution in [0.1, 0.15) is 5.69 Å². The van der Waals surface area contributed by atoms with Crippen molar-refractivity contribution in [3.63, 3.8) is 0 Å². The number of sulfonamides is 1. The van der Waals surface area contributed by atoms with Crippen molar-refractivity contribution < 1.29 is 8.42 Å². The molecule has 4 N–H and O–H groups in total. The molecule has 5 nitrogen and oxygen atoms in total. The minimum Gasteiger partial charge on any atom is -0.363 e. The molecule has 0 radical (unpaired) electrons. The summed E-state index contributed by atoms with van der Waals surface area (Å²) in [7, 11) is -3.66. The Labute approximate surface area is 129 Å². The van der Waals surface area contributed by atoms with Crippen LogP contribution in [0, 0.1) is 3.57 Å². The first-order valence-electron chi connectivity index (χ1n) is 5.27. The van der Waals surface area contributed by atoms with Crippen LogP contribution in [-0.4, -0.2) is 13.4 Å². The molecule has 0 fully saturated rings. The zero-order valence-electron chi connectivity index (χ0n) is 9.65. The fourth-order valence-corrected chi connectivity index (χ4v) is 3.52. The molecule has 1 aromatic heterocycles. The molecular formula is C11H11ClIN3O2S. The molecule has 19 heavy (non-hydrogen) atoms. The largest absolute Gasteiger partial charge is 0.363 e. The van der Waals surface area contributed by atoms with Gasteiger partial charge in [0.2, 0.25) is 0 Å². The molecule has 0 saturated heterocycles. The van der Waals surface area contributed by atoms with Gasteiger partial charge in [0, 0.05) is 22.0 Å². The summed E-state index contributed by atoms with van der Waals surface area (Å²) in [6, 6.07) is 6.57. The number of halogens is 2. The second kappa shape index (κ2) is 5.70. The first kappa shape index (κ1) is 14.6. The van der Waals surface area contributed by atoms with Gasteiger partial charge in [-0.15, -0.1) is 0 Å². The molecular weight excluding hydrogens is 401 g/mol. The monoisotopic (exact) mass is 411 g/mol. The van der Waals surface area contributed by atoms with E-state index < -0.39 is 10.0 Å². The molecule has 0 amide bonds. The second-order valence-electron chi connectivity index (χ2n) is 3.79. The third-order valence-corrected chi connectivity index (χ3v) is 4.75. The van der Waals surface area contributed by atoms with E-state index in [0.717, 1.165) is 3.57 Å². The maximum absolute atomic E-state index is 12.1. The third kappa shape index (κ3) is 3.41. The van der Waals surface area contributed by atoms with Gasteiger partial charge in [-0.2, -0.15) is 0 Å². The SMILES string of the molecule is NCc1cc(S(=O)(=O)Nc2ccc(I)cc2Cl)c[nH]1. The molecule has 102 valence electrons. The van der Waals surface area contributed by atoms with E-state index in [1.165, 1.54) is 12.3 Å². The number of H-pyrrole nitrogens is 1. The molecule has 2 aromatic rings.